The topological polar surface area (TPSA) is 12.9 Å². The highest BCUT2D eigenvalue weighted by Gasteiger charge is 2.05. The maximum absolute atomic E-state index is 4.59. The van der Waals surface area contributed by atoms with E-state index in [9.17, 15) is 0 Å². The van der Waals surface area contributed by atoms with Crippen molar-refractivity contribution in [2.75, 3.05) is 0 Å². The summed E-state index contributed by atoms with van der Waals surface area (Å²) in [6.07, 6.45) is 1.08. The van der Waals surface area contributed by atoms with E-state index < -0.39 is 0 Å². The van der Waals surface area contributed by atoms with Gasteiger partial charge in [0.1, 0.15) is 0 Å². The summed E-state index contributed by atoms with van der Waals surface area (Å²) in [6, 6.07) is 6.25. The molecule has 0 unspecified atom stereocenters. The second kappa shape index (κ2) is 3.99. The monoisotopic (exact) mass is 269 g/mol. The molecular formula is C11H12BrNS. The molecule has 0 radical (unpaired) electrons. The van der Waals surface area contributed by atoms with Gasteiger partial charge in [-0.05, 0) is 24.1 Å². The van der Waals surface area contributed by atoms with Crippen molar-refractivity contribution < 1.29 is 0 Å². The third kappa shape index (κ3) is 2.15. The van der Waals surface area contributed by atoms with E-state index in [1.54, 1.807) is 11.3 Å². The molecule has 0 fully saturated rings. The van der Waals surface area contributed by atoms with Crippen LogP contribution < -0.4 is 0 Å². The summed E-state index contributed by atoms with van der Waals surface area (Å²) in [5, 5.41) is 1.24. The van der Waals surface area contributed by atoms with Gasteiger partial charge in [0.05, 0.1) is 15.2 Å². The third-order valence-electron chi connectivity index (χ3n) is 1.98. The summed E-state index contributed by atoms with van der Waals surface area (Å²) in [5.74, 6) is 0.680. The normalized spacial score (nSPS) is 11.4. The number of halogens is 1. The molecule has 14 heavy (non-hydrogen) atoms. The van der Waals surface area contributed by atoms with Crippen LogP contribution in [0.5, 0.6) is 0 Å². The zero-order chi connectivity index (χ0) is 10.1. The van der Waals surface area contributed by atoms with Crippen LogP contribution in [-0.4, -0.2) is 4.98 Å². The van der Waals surface area contributed by atoms with Crippen LogP contribution in [0.1, 0.15) is 18.9 Å². The first-order valence-corrected chi connectivity index (χ1v) is 6.31. The number of rotatable bonds is 2. The zero-order valence-corrected chi connectivity index (χ0v) is 10.7. The van der Waals surface area contributed by atoms with Gasteiger partial charge < -0.3 is 0 Å². The van der Waals surface area contributed by atoms with Crippen LogP contribution in [0.15, 0.2) is 22.7 Å². The average molecular weight is 270 g/mol. The average Bonchev–Trinajstić information content (AvgIpc) is 2.44. The number of aromatic nitrogens is 1. The van der Waals surface area contributed by atoms with E-state index in [0.29, 0.717) is 5.92 Å². The summed E-state index contributed by atoms with van der Waals surface area (Å²) < 4.78 is 2.40. The highest BCUT2D eigenvalue weighted by Crippen LogP contribution is 2.26. The van der Waals surface area contributed by atoms with Crippen molar-refractivity contribution in [1.29, 1.82) is 0 Å². The molecule has 2 aromatic rings. The van der Waals surface area contributed by atoms with Gasteiger partial charge in [0.25, 0.3) is 0 Å². The Balaban J connectivity index is 2.41. The number of hydrogen-bond acceptors (Lipinski definition) is 2. The molecule has 0 saturated carbocycles. The Kier molecular flexibility index (Phi) is 2.88. The van der Waals surface area contributed by atoms with Gasteiger partial charge in [0.2, 0.25) is 0 Å². The van der Waals surface area contributed by atoms with E-state index in [1.807, 2.05) is 6.07 Å². The van der Waals surface area contributed by atoms with Gasteiger partial charge >= 0.3 is 0 Å². The Labute approximate surface area is 96.3 Å². The molecule has 0 aliphatic rings. The minimum absolute atomic E-state index is 0.680. The van der Waals surface area contributed by atoms with E-state index >= 15 is 0 Å². The maximum atomic E-state index is 4.59. The van der Waals surface area contributed by atoms with Gasteiger partial charge in [-0.2, -0.15) is 0 Å². The fourth-order valence-electron chi connectivity index (χ4n) is 1.38. The molecule has 0 aliphatic carbocycles. The SMILES string of the molecule is CC(C)Cc1nc2ccc(Br)cc2s1. The molecule has 0 amide bonds. The predicted octanol–water partition coefficient (Wildman–Crippen LogP) is 4.26. The van der Waals surface area contributed by atoms with Gasteiger partial charge in [0, 0.05) is 10.9 Å². The smallest absolute Gasteiger partial charge is 0.0941 e. The largest absolute Gasteiger partial charge is 0.241 e. The molecule has 1 nitrogen and oxygen atoms in total. The van der Waals surface area contributed by atoms with E-state index in [4.69, 9.17) is 0 Å². The first kappa shape index (κ1) is 10.1. The maximum Gasteiger partial charge on any atom is 0.0941 e. The molecule has 0 bridgehead atoms. The predicted molar refractivity (Wildman–Crippen MR) is 65.9 cm³/mol. The lowest BCUT2D eigenvalue weighted by Crippen LogP contribution is -1.91. The van der Waals surface area contributed by atoms with Crippen LogP contribution in [0.3, 0.4) is 0 Å². The van der Waals surface area contributed by atoms with Crippen LogP contribution in [0.2, 0.25) is 0 Å². The van der Waals surface area contributed by atoms with Gasteiger partial charge in [-0.25, -0.2) is 4.98 Å². The quantitative estimate of drug-likeness (QED) is 0.794. The van der Waals surface area contributed by atoms with E-state index in [-0.39, 0.29) is 0 Å². The first-order chi connectivity index (χ1) is 6.65. The van der Waals surface area contributed by atoms with E-state index in [0.717, 1.165) is 16.4 Å². The van der Waals surface area contributed by atoms with Crippen molar-refractivity contribution in [2.24, 2.45) is 5.92 Å². The van der Waals surface area contributed by atoms with Gasteiger partial charge in [-0.15, -0.1) is 11.3 Å². The Morgan fingerprint density at radius 2 is 2.21 bits per heavy atom. The number of hydrogen-bond donors (Lipinski definition) is 0. The summed E-state index contributed by atoms with van der Waals surface area (Å²) in [4.78, 5) is 4.59. The van der Waals surface area contributed by atoms with Crippen molar-refractivity contribution in [3.05, 3.63) is 27.7 Å². The molecular weight excluding hydrogens is 258 g/mol. The highest BCUT2D eigenvalue weighted by atomic mass is 79.9. The van der Waals surface area contributed by atoms with Gasteiger partial charge in [0.15, 0.2) is 0 Å². The molecule has 0 aliphatic heterocycles. The zero-order valence-electron chi connectivity index (χ0n) is 8.25. The molecule has 1 aromatic heterocycles. The Bertz CT molecular complexity index is 447. The second-order valence-electron chi connectivity index (χ2n) is 3.82. The lowest BCUT2D eigenvalue weighted by molar-refractivity contribution is 0.645. The third-order valence-corrected chi connectivity index (χ3v) is 3.51. The minimum atomic E-state index is 0.680. The Morgan fingerprint density at radius 3 is 2.93 bits per heavy atom. The first-order valence-electron chi connectivity index (χ1n) is 4.70. The van der Waals surface area contributed by atoms with Crippen molar-refractivity contribution in [3.63, 3.8) is 0 Å². The molecule has 0 N–H and O–H groups in total. The van der Waals surface area contributed by atoms with Crippen LogP contribution in [0.4, 0.5) is 0 Å². The molecule has 1 aromatic carbocycles. The summed E-state index contributed by atoms with van der Waals surface area (Å²) in [6.45, 7) is 4.45. The van der Waals surface area contributed by atoms with Crippen molar-refractivity contribution in [1.82, 2.24) is 4.98 Å². The number of nitrogens with zero attached hydrogens (tertiary/aromatic N) is 1. The summed E-state index contributed by atoms with van der Waals surface area (Å²) in [7, 11) is 0. The van der Waals surface area contributed by atoms with Crippen molar-refractivity contribution in [2.45, 2.75) is 20.3 Å². The van der Waals surface area contributed by atoms with E-state index in [1.165, 1.54) is 9.71 Å². The standard InChI is InChI=1S/C11H12BrNS/c1-7(2)5-11-13-9-4-3-8(12)6-10(9)14-11/h3-4,6-7H,5H2,1-2H3. The summed E-state index contributed by atoms with van der Waals surface area (Å²) in [5.41, 5.74) is 1.12. The minimum Gasteiger partial charge on any atom is -0.241 e. The van der Waals surface area contributed by atoms with Crippen molar-refractivity contribution in [3.8, 4) is 0 Å². The lowest BCUT2D eigenvalue weighted by atomic mass is 10.1. The molecule has 2 rings (SSSR count). The number of fused-ring (bicyclic) bond motifs is 1. The van der Waals surface area contributed by atoms with Gasteiger partial charge in [-0.1, -0.05) is 29.8 Å². The fourth-order valence-corrected chi connectivity index (χ4v) is 3.11. The van der Waals surface area contributed by atoms with Crippen LogP contribution in [0, 0.1) is 5.92 Å². The number of thiazole rings is 1. The molecule has 0 saturated heterocycles. The van der Waals surface area contributed by atoms with Crippen molar-refractivity contribution >= 4 is 37.5 Å². The Morgan fingerprint density at radius 1 is 1.43 bits per heavy atom. The summed E-state index contributed by atoms with van der Waals surface area (Å²) >= 11 is 5.27. The fraction of sp³-hybridized carbons (Fsp3) is 0.364. The van der Waals surface area contributed by atoms with E-state index in [2.05, 4.69) is 46.9 Å². The molecule has 3 heteroatoms. The molecule has 74 valence electrons. The highest BCUT2D eigenvalue weighted by molar-refractivity contribution is 9.10. The molecule has 1 heterocycles. The van der Waals surface area contributed by atoms with Crippen LogP contribution in [0.25, 0.3) is 10.2 Å². The Hall–Kier alpha value is -0.410. The van der Waals surface area contributed by atoms with Gasteiger partial charge in [-0.3, -0.25) is 0 Å². The molecule has 0 atom stereocenters. The number of benzene rings is 1. The second-order valence-corrected chi connectivity index (χ2v) is 5.85. The molecule has 0 spiro atoms. The van der Waals surface area contributed by atoms with Crippen LogP contribution in [-0.2, 0) is 6.42 Å². The van der Waals surface area contributed by atoms with Crippen LogP contribution >= 0.6 is 27.3 Å². The lowest BCUT2D eigenvalue weighted by Gasteiger charge is -1.97.